The fourth-order valence-corrected chi connectivity index (χ4v) is 3.51. The summed E-state index contributed by atoms with van der Waals surface area (Å²) in [5, 5.41) is 3.02. The van der Waals surface area contributed by atoms with Gasteiger partial charge in [0, 0.05) is 12.6 Å². The Kier molecular flexibility index (Phi) is 7.00. The summed E-state index contributed by atoms with van der Waals surface area (Å²) in [5.74, 6) is -0.338. The van der Waals surface area contributed by atoms with Crippen LogP contribution in [0.25, 0.3) is 0 Å². The van der Waals surface area contributed by atoms with E-state index in [0.29, 0.717) is 24.5 Å². The number of rotatable bonds is 7. The fourth-order valence-electron chi connectivity index (χ4n) is 3.51. The smallest absolute Gasteiger partial charge is 0.328 e. The summed E-state index contributed by atoms with van der Waals surface area (Å²) in [6.45, 7) is 0.658. The Hall–Kier alpha value is -3.42. The molecule has 30 heavy (non-hydrogen) atoms. The zero-order valence-corrected chi connectivity index (χ0v) is 17.0. The minimum atomic E-state index is -0.684. The van der Waals surface area contributed by atoms with E-state index in [0.717, 1.165) is 18.4 Å². The molecule has 2 aromatic carbocycles. The lowest BCUT2D eigenvalue weighted by atomic mass is 10.00. The molecule has 0 saturated carbocycles. The van der Waals surface area contributed by atoms with Crippen LogP contribution >= 0.6 is 0 Å². The summed E-state index contributed by atoms with van der Waals surface area (Å²) in [6.07, 6.45) is 2.09. The molecular formula is C22H24N2O6. The number of nitrogens with zero attached hydrogens (tertiary/aromatic N) is 2. The molecule has 0 N–H and O–H groups in total. The first kappa shape index (κ1) is 21.3. The van der Waals surface area contributed by atoms with Gasteiger partial charge in [-0.05, 0) is 36.1 Å². The molecule has 0 aromatic heterocycles. The summed E-state index contributed by atoms with van der Waals surface area (Å²) < 4.78 is 16.0. The first-order valence-electron chi connectivity index (χ1n) is 9.70. The van der Waals surface area contributed by atoms with E-state index in [1.165, 1.54) is 31.3 Å². The number of esters is 1. The Bertz CT molecular complexity index is 915. The highest BCUT2D eigenvalue weighted by atomic mass is 16.5. The number of benzene rings is 2. The fraction of sp³-hybridized carbons (Fsp3) is 0.364. The van der Waals surface area contributed by atoms with Gasteiger partial charge in [-0.3, -0.25) is 4.79 Å². The summed E-state index contributed by atoms with van der Waals surface area (Å²) in [5.41, 5.74) is 0.928. The molecular weight excluding hydrogens is 388 g/mol. The molecule has 0 aliphatic carbocycles. The lowest BCUT2D eigenvalue weighted by molar-refractivity contribution is -0.147. The minimum absolute atomic E-state index is 0.0599. The molecule has 1 heterocycles. The van der Waals surface area contributed by atoms with E-state index in [1.807, 2.05) is 30.3 Å². The van der Waals surface area contributed by atoms with Gasteiger partial charge in [-0.1, -0.05) is 30.3 Å². The zero-order valence-electron chi connectivity index (χ0n) is 17.0. The Morgan fingerprint density at radius 2 is 1.87 bits per heavy atom. The Morgan fingerprint density at radius 1 is 1.10 bits per heavy atom. The third kappa shape index (κ3) is 4.59. The SMILES string of the molecule is COC(=O)[C@@H]1CCCCN1C(=O)c1cc(OC)c(OCc2ccccc2)cc1N=O. The van der Waals surface area contributed by atoms with Crippen LogP contribution in [0.15, 0.2) is 47.6 Å². The molecule has 0 unspecified atom stereocenters. The predicted octanol–water partition coefficient (Wildman–Crippen LogP) is 3.84. The van der Waals surface area contributed by atoms with E-state index in [1.54, 1.807) is 0 Å². The molecule has 0 spiro atoms. The van der Waals surface area contributed by atoms with Crippen LogP contribution in [-0.2, 0) is 16.1 Å². The van der Waals surface area contributed by atoms with Crippen LogP contribution < -0.4 is 9.47 Å². The summed E-state index contributed by atoms with van der Waals surface area (Å²) >= 11 is 0. The molecule has 158 valence electrons. The Morgan fingerprint density at radius 3 is 2.53 bits per heavy atom. The van der Waals surface area contributed by atoms with Gasteiger partial charge in [-0.25, -0.2) is 4.79 Å². The molecule has 1 saturated heterocycles. The first-order valence-corrected chi connectivity index (χ1v) is 9.70. The third-order valence-corrected chi connectivity index (χ3v) is 5.08. The largest absolute Gasteiger partial charge is 0.493 e. The molecule has 1 aliphatic rings. The maximum atomic E-state index is 13.2. The molecule has 0 radical (unpaired) electrons. The number of hydrogen-bond donors (Lipinski definition) is 0. The third-order valence-electron chi connectivity index (χ3n) is 5.08. The number of amides is 1. The molecule has 2 aromatic rings. The van der Waals surface area contributed by atoms with Gasteiger partial charge in [0.2, 0.25) is 0 Å². The van der Waals surface area contributed by atoms with Crippen molar-refractivity contribution >= 4 is 17.6 Å². The van der Waals surface area contributed by atoms with Crippen molar-refractivity contribution in [2.75, 3.05) is 20.8 Å². The first-order chi connectivity index (χ1) is 14.6. The van der Waals surface area contributed by atoms with Gasteiger partial charge >= 0.3 is 5.97 Å². The molecule has 1 atom stereocenters. The molecule has 8 nitrogen and oxygen atoms in total. The summed E-state index contributed by atoms with van der Waals surface area (Å²) in [6, 6.07) is 11.6. The lowest BCUT2D eigenvalue weighted by Gasteiger charge is -2.34. The van der Waals surface area contributed by atoms with Crippen molar-refractivity contribution < 1.29 is 23.8 Å². The average molecular weight is 412 g/mol. The molecule has 3 rings (SSSR count). The van der Waals surface area contributed by atoms with E-state index < -0.39 is 17.9 Å². The van der Waals surface area contributed by atoms with Crippen molar-refractivity contribution in [1.82, 2.24) is 4.90 Å². The second kappa shape index (κ2) is 9.87. The summed E-state index contributed by atoms with van der Waals surface area (Å²) in [7, 11) is 2.74. The van der Waals surface area contributed by atoms with Crippen molar-refractivity contribution in [3.8, 4) is 11.5 Å². The van der Waals surface area contributed by atoms with Crippen LogP contribution in [0.3, 0.4) is 0 Å². The number of likely N-dealkylation sites (tertiary alicyclic amines) is 1. The van der Waals surface area contributed by atoms with Crippen molar-refractivity contribution in [3.05, 3.63) is 58.5 Å². The van der Waals surface area contributed by atoms with Gasteiger partial charge in [-0.15, -0.1) is 4.91 Å². The van der Waals surface area contributed by atoms with Crippen LogP contribution in [0.4, 0.5) is 5.69 Å². The second-order valence-electron chi connectivity index (χ2n) is 6.92. The van der Waals surface area contributed by atoms with E-state index in [-0.39, 0.29) is 17.9 Å². The number of ether oxygens (including phenoxy) is 3. The Balaban J connectivity index is 1.89. The van der Waals surface area contributed by atoms with Crippen LogP contribution in [0, 0.1) is 4.91 Å². The second-order valence-corrected chi connectivity index (χ2v) is 6.92. The van der Waals surface area contributed by atoms with Crippen LogP contribution in [-0.4, -0.2) is 43.6 Å². The maximum Gasteiger partial charge on any atom is 0.328 e. The normalized spacial score (nSPS) is 15.9. The standard InChI is InChI=1S/C22H24N2O6/c1-28-19-12-16(21(25)24-11-7-6-10-18(24)22(26)29-2)17(23-27)13-20(19)30-14-15-8-4-3-5-9-15/h3-5,8-9,12-13,18H,6-7,10-11,14H2,1-2H3/t18-/m0/s1. The average Bonchev–Trinajstić information content (AvgIpc) is 2.81. The number of hydrogen-bond acceptors (Lipinski definition) is 7. The van der Waals surface area contributed by atoms with Gasteiger partial charge in [0.25, 0.3) is 5.91 Å². The summed E-state index contributed by atoms with van der Waals surface area (Å²) in [4.78, 5) is 38.2. The van der Waals surface area contributed by atoms with Crippen molar-refractivity contribution in [1.29, 1.82) is 0 Å². The van der Waals surface area contributed by atoms with Gasteiger partial charge in [-0.2, -0.15) is 0 Å². The zero-order chi connectivity index (χ0) is 21.5. The predicted molar refractivity (Wildman–Crippen MR) is 110 cm³/mol. The number of carbonyl (C=O) groups is 2. The highest BCUT2D eigenvalue weighted by molar-refractivity contribution is 6.01. The van der Waals surface area contributed by atoms with E-state index >= 15 is 0 Å². The molecule has 1 amide bonds. The quantitative estimate of drug-likeness (QED) is 0.507. The van der Waals surface area contributed by atoms with Crippen molar-refractivity contribution in [2.24, 2.45) is 5.18 Å². The highest BCUT2D eigenvalue weighted by Crippen LogP contribution is 2.37. The van der Waals surface area contributed by atoms with Crippen molar-refractivity contribution in [3.63, 3.8) is 0 Å². The van der Waals surface area contributed by atoms with Crippen LogP contribution in [0.2, 0.25) is 0 Å². The molecule has 1 aliphatic heterocycles. The maximum absolute atomic E-state index is 13.2. The topological polar surface area (TPSA) is 94.5 Å². The van der Waals surface area contributed by atoms with Gasteiger partial charge in [0.15, 0.2) is 11.5 Å². The number of methoxy groups -OCH3 is 2. The van der Waals surface area contributed by atoms with Gasteiger partial charge < -0.3 is 19.1 Å². The molecule has 1 fully saturated rings. The van der Waals surface area contributed by atoms with Crippen LogP contribution in [0.5, 0.6) is 11.5 Å². The molecule has 0 bridgehead atoms. The van der Waals surface area contributed by atoms with Gasteiger partial charge in [0.05, 0.1) is 19.8 Å². The van der Waals surface area contributed by atoms with E-state index in [4.69, 9.17) is 14.2 Å². The van der Waals surface area contributed by atoms with E-state index in [9.17, 15) is 14.5 Å². The van der Waals surface area contributed by atoms with Gasteiger partial charge in [0.1, 0.15) is 18.3 Å². The lowest BCUT2D eigenvalue weighted by Crippen LogP contribution is -2.48. The minimum Gasteiger partial charge on any atom is -0.493 e. The number of piperidine rings is 1. The van der Waals surface area contributed by atoms with E-state index in [2.05, 4.69) is 5.18 Å². The highest BCUT2D eigenvalue weighted by Gasteiger charge is 2.35. The molecule has 8 heteroatoms. The number of nitroso groups, excluding NO2 is 1. The Labute approximate surface area is 174 Å². The van der Waals surface area contributed by atoms with Crippen molar-refractivity contribution in [2.45, 2.75) is 31.9 Å². The number of carbonyl (C=O) groups excluding carboxylic acids is 2. The monoisotopic (exact) mass is 412 g/mol. The van der Waals surface area contributed by atoms with Crippen LogP contribution in [0.1, 0.15) is 35.2 Å².